The standard InChI is InChI=1S/C38H40N4O6/c1-2-35(48-37(44)39-23-27-15-17-32(18-16-27)42(46)47)29-19-21-40(22-20-29)24-31-25-41(26-38(31,45)30-11-4-3-5-12-30)36(43)34-14-8-10-28-9-6-7-13-33(28)34/h2-18,29,31,35,45H,1,19-26H2,(H,39,44). The first-order chi connectivity index (χ1) is 23.2. The van der Waals surface area contributed by atoms with Crippen molar-refractivity contribution in [2.75, 3.05) is 32.7 Å². The van der Waals surface area contributed by atoms with Gasteiger partial charge in [0.15, 0.2) is 0 Å². The molecule has 4 aromatic carbocycles. The highest BCUT2D eigenvalue weighted by molar-refractivity contribution is 6.07. The molecule has 0 spiro atoms. The highest BCUT2D eigenvalue weighted by atomic mass is 16.6. The number of benzene rings is 4. The van der Waals surface area contributed by atoms with E-state index in [2.05, 4.69) is 16.8 Å². The third kappa shape index (κ3) is 7.10. The van der Waals surface area contributed by atoms with Gasteiger partial charge in [0.05, 0.1) is 11.5 Å². The summed E-state index contributed by atoms with van der Waals surface area (Å²) < 4.78 is 5.72. The SMILES string of the molecule is C=CC(OC(=O)NCc1ccc([N+](=O)[O-])cc1)C1CCN(CC2CN(C(=O)c3cccc4ccccc34)CC2(O)c2ccccc2)CC1. The number of hydrogen-bond acceptors (Lipinski definition) is 7. The predicted octanol–water partition coefficient (Wildman–Crippen LogP) is 5.90. The van der Waals surface area contributed by atoms with Crippen LogP contribution in [0.1, 0.15) is 34.3 Å². The summed E-state index contributed by atoms with van der Waals surface area (Å²) in [5, 5.41) is 27.8. The monoisotopic (exact) mass is 648 g/mol. The summed E-state index contributed by atoms with van der Waals surface area (Å²) in [5.74, 6) is -0.197. The van der Waals surface area contributed by atoms with E-state index in [0.29, 0.717) is 18.7 Å². The maximum absolute atomic E-state index is 13.9. The number of nitrogens with one attached hydrogen (secondary N) is 1. The average Bonchev–Trinajstić information content (AvgIpc) is 3.46. The van der Waals surface area contributed by atoms with Gasteiger partial charge in [0.25, 0.3) is 11.6 Å². The molecule has 2 saturated heterocycles. The van der Waals surface area contributed by atoms with Gasteiger partial charge in [-0.1, -0.05) is 91.5 Å². The summed E-state index contributed by atoms with van der Waals surface area (Å²) >= 11 is 0. The Morgan fingerprint density at radius 1 is 1.00 bits per heavy atom. The Morgan fingerprint density at radius 3 is 2.40 bits per heavy atom. The number of β-amino-alcohol motifs (C(OH)–C–C–N with tert-alkyl or cyclic N) is 1. The van der Waals surface area contributed by atoms with Crippen molar-refractivity contribution in [3.05, 3.63) is 137 Å². The quantitative estimate of drug-likeness (QED) is 0.125. The number of nitrogens with zero attached hydrogens (tertiary/aromatic N) is 3. The molecule has 2 aliphatic rings. The fourth-order valence-corrected chi connectivity index (χ4v) is 7.09. The van der Waals surface area contributed by atoms with Gasteiger partial charge in [0.1, 0.15) is 11.7 Å². The van der Waals surface area contributed by atoms with Gasteiger partial charge >= 0.3 is 6.09 Å². The van der Waals surface area contributed by atoms with Crippen molar-refractivity contribution in [3.8, 4) is 0 Å². The van der Waals surface area contributed by atoms with E-state index in [4.69, 9.17) is 4.74 Å². The van der Waals surface area contributed by atoms with Gasteiger partial charge in [0, 0.05) is 49.2 Å². The molecule has 3 atom stereocenters. The Balaban J connectivity index is 1.07. The molecule has 248 valence electrons. The summed E-state index contributed by atoms with van der Waals surface area (Å²) in [4.78, 5) is 41.1. The number of non-ortho nitro benzene ring substituents is 1. The first-order valence-electron chi connectivity index (χ1n) is 16.3. The molecule has 10 heteroatoms. The van der Waals surface area contributed by atoms with E-state index in [1.807, 2.05) is 72.8 Å². The molecular weight excluding hydrogens is 608 g/mol. The first-order valence-corrected chi connectivity index (χ1v) is 16.3. The maximum atomic E-state index is 13.9. The molecule has 4 aromatic rings. The van der Waals surface area contributed by atoms with Crippen LogP contribution in [-0.4, -0.2) is 70.7 Å². The number of amides is 2. The molecule has 0 saturated carbocycles. The fourth-order valence-electron chi connectivity index (χ4n) is 7.09. The second-order valence-electron chi connectivity index (χ2n) is 12.7. The number of nitro groups is 1. The van der Waals surface area contributed by atoms with Crippen LogP contribution in [0.15, 0.2) is 110 Å². The zero-order valence-corrected chi connectivity index (χ0v) is 26.7. The van der Waals surface area contributed by atoms with Crippen molar-refractivity contribution in [2.45, 2.75) is 31.1 Å². The van der Waals surface area contributed by atoms with E-state index in [1.54, 1.807) is 23.1 Å². The topological polar surface area (TPSA) is 125 Å². The normalized spacial score (nSPS) is 20.7. The van der Waals surface area contributed by atoms with Gasteiger partial charge in [-0.25, -0.2) is 4.79 Å². The van der Waals surface area contributed by atoms with Crippen molar-refractivity contribution >= 4 is 28.5 Å². The van der Waals surface area contributed by atoms with Crippen LogP contribution in [0.3, 0.4) is 0 Å². The molecule has 2 heterocycles. The van der Waals surface area contributed by atoms with E-state index in [9.17, 15) is 24.8 Å². The largest absolute Gasteiger partial charge is 0.442 e. The molecule has 2 fully saturated rings. The van der Waals surface area contributed by atoms with Crippen LogP contribution in [0.4, 0.5) is 10.5 Å². The van der Waals surface area contributed by atoms with Crippen LogP contribution >= 0.6 is 0 Å². The Labute approximate surface area is 279 Å². The molecule has 3 unspecified atom stereocenters. The number of hydrogen-bond donors (Lipinski definition) is 2. The molecule has 0 bridgehead atoms. The maximum Gasteiger partial charge on any atom is 0.408 e. The number of carbonyl (C=O) groups excluding carboxylic acids is 2. The van der Waals surface area contributed by atoms with Gasteiger partial charge < -0.3 is 25.0 Å². The molecule has 0 aromatic heterocycles. The molecule has 0 aliphatic carbocycles. The zero-order chi connectivity index (χ0) is 33.7. The Bertz CT molecular complexity index is 1770. The smallest absolute Gasteiger partial charge is 0.408 e. The Morgan fingerprint density at radius 2 is 1.69 bits per heavy atom. The molecule has 2 amide bonds. The first kappa shape index (κ1) is 32.9. The van der Waals surface area contributed by atoms with Crippen LogP contribution in [0.5, 0.6) is 0 Å². The summed E-state index contributed by atoms with van der Waals surface area (Å²) in [6, 6.07) is 29.2. The van der Waals surface area contributed by atoms with E-state index in [-0.39, 0.29) is 36.5 Å². The number of nitro benzene ring substituents is 1. The van der Waals surface area contributed by atoms with Gasteiger partial charge in [-0.2, -0.15) is 0 Å². The number of rotatable bonds is 10. The minimum atomic E-state index is -1.20. The number of piperidine rings is 1. The summed E-state index contributed by atoms with van der Waals surface area (Å²) in [6.45, 7) is 6.85. The average molecular weight is 649 g/mol. The van der Waals surface area contributed by atoms with Crippen molar-refractivity contribution in [3.63, 3.8) is 0 Å². The molecule has 10 nitrogen and oxygen atoms in total. The minimum absolute atomic E-state index is 0.0104. The van der Waals surface area contributed by atoms with Crippen molar-refractivity contribution in [2.24, 2.45) is 11.8 Å². The molecule has 2 N–H and O–H groups in total. The van der Waals surface area contributed by atoms with E-state index >= 15 is 0 Å². The molecule has 2 aliphatic heterocycles. The second kappa shape index (κ2) is 14.4. The van der Waals surface area contributed by atoms with Crippen molar-refractivity contribution in [1.29, 1.82) is 0 Å². The third-order valence-electron chi connectivity index (χ3n) is 9.76. The van der Waals surface area contributed by atoms with Gasteiger partial charge in [-0.3, -0.25) is 14.9 Å². The Kier molecular flexibility index (Phi) is 9.84. The van der Waals surface area contributed by atoms with Gasteiger partial charge in [-0.05, 0) is 53.9 Å². The number of carbonyl (C=O) groups is 2. The Hall–Kier alpha value is -5.06. The summed E-state index contributed by atoms with van der Waals surface area (Å²) in [7, 11) is 0. The molecule has 48 heavy (non-hydrogen) atoms. The third-order valence-corrected chi connectivity index (χ3v) is 9.76. The molecule has 6 rings (SSSR count). The van der Waals surface area contributed by atoms with Crippen LogP contribution < -0.4 is 5.32 Å². The lowest BCUT2D eigenvalue weighted by Crippen LogP contribution is -2.45. The lowest BCUT2D eigenvalue weighted by Gasteiger charge is -2.38. The fraction of sp³-hybridized carbons (Fsp3) is 0.316. The highest BCUT2D eigenvalue weighted by Gasteiger charge is 2.49. The number of likely N-dealkylation sites (tertiary alicyclic amines) is 2. The number of fused-ring (bicyclic) bond motifs is 1. The van der Waals surface area contributed by atoms with Crippen LogP contribution in [0.2, 0.25) is 0 Å². The van der Waals surface area contributed by atoms with Crippen molar-refractivity contribution < 1.29 is 24.4 Å². The van der Waals surface area contributed by atoms with Gasteiger partial charge in [0.2, 0.25) is 0 Å². The van der Waals surface area contributed by atoms with E-state index < -0.39 is 22.7 Å². The van der Waals surface area contributed by atoms with Crippen LogP contribution in [-0.2, 0) is 16.9 Å². The summed E-state index contributed by atoms with van der Waals surface area (Å²) in [6.07, 6.45) is 2.18. The lowest BCUT2D eigenvalue weighted by molar-refractivity contribution is -0.384. The predicted molar refractivity (Wildman–Crippen MR) is 183 cm³/mol. The second-order valence-corrected chi connectivity index (χ2v) is 12.7. The number of alkyl carbamates (subject to hydrolysis) is 1. The molecular formula is C38H40N4O6. The van der Waals surface area contributed by atoms with E-state index in [1.165, 1.54) is 12.1 Å². The number of aliphatic hydroxyl groups is 1. The lowest BCUT2D eigenvalue weighted by atomic mass is 9.83. The van der Waals surface area contributed by atoms with Gasteiger partial charge in [-0.15, -0.1) is 0 Å². The van der Waals surface area contributed by atoms with Crippen molar-refractivity contribution in [1.82, 2.24) is 15.1 Å². The highest BCUT2D eigenvalue weighted by Crippen LogP contribution is 2.39. The van der Waals surface area contributed by atoms with Crippen LogP contribution in [0, 0.1) is 22.0 Å². The molecule has 0 radical (unpaired) electrons. The minimum Gasteiger partial charge on any atom is -0.442 e. The zero-order valence-electron chi connectivity index (χ0n) is 26.7. The summed E-state index contributed by atoms with van der Waals surface area (Å²) in [5.41, 5.74) is 0.951. The van der Waals surface area contributed by atoms with E-state index in [0.717, 1.165) is 47.8 Å². The van der Waals surface area contributed by atoms with Crippen LogP contribution in [0.25, 0.3) is 10.8 Å². The number of ether oxygens (including phenoxy) is 1.